The van der Waals surface area contributed by atoms with Crippen LogP contribution in [0.5, 0.6) is 0 Å². The lowest BCUT2D eigenvalue weighted by molar-refractivity contribution is 0.0901. The molecule has 0 saturated heterocycles. The molecular formula is C15H14N4O3. The number of hydrogen-bond acceptors (Lipinski definition) is 5. The van der Waals surface area contributed by atoms with Crippen molar-refractivity contribution in [2.75, 3.05) is 6.54 Å². The molecular weight excluding hydrogens is 284 g/mol. The number of hydrogen-bond donors (Lipinski definition) is 2. The Bertz CT molecular complexity index is 721. The van der Waals surface area contributed by atoms with Crippen molar-refractivity contribution in [2.24, 2.45) is 0 Å². The maximum atomic E-state index is 12.0. The van der Waals surface area contributed by atoms with E-state index in [-0.39, 0.29) is 12.5 Å². The number of carbonyl (C=O) groups is 1. The number of benzene rings is 1. The highest BCUT2D eigenvalue weighted by atomic mass is 16.4. The molecule has 0 radical (unpaired) electrons. The van der Waals surface area contributed by atoms with E-state index in [0.29, 0.717) is 11.3 Å². The molecule has 1 amide bonds. The van der Waals surface area contributed by atoms with Crippen LogP contribution in [0.2, 0.25) is 0 Å². The van der Waals surface area contributed by atoms with Gasteiger partial charge in [0.05, 0.1) is 12.8 Å². The van der Waals surface area contributed by atoms with Crippen LogP contribution in [-0.2, 0) is 0 Å². The first kappa shape index (κ1) is 14.0. The van der Waals surface area contributed by atoms with Gasteiger partial charge in [-0.25, -0.2) is 0 Å². The fourth-order valence-electron chi connectivity index (χ4n) is 1.99. The van der Waals surface area contributed by atoms with E-state index in [1.807, 2.05) is 0 Å². The zero-order valence-electron chi connectivity index (χ0n) is 11.6. The number of nitrogens with one attached hydrogen (secondary N) is 1. The molecule has 1 aromatic carbocycles. The van der Waals surface area contributed by atoms with Crippen molar-refractivity contribution in [1.82, 2.24) is 20.1 Å². The molecule has 0 aliphatic carbocycles. The van der Waals surface area contributed by atoms with Crippen LogP contribution >= 0.6 is 0 Å². The fraction of sp³-hybridized carbons (Fsp3) is 0.133. The van der Waals surface area contributed by atoms with Gasteiger partial charge >= 0.3 is 0 Å². The minimum absolute atomic E-state index is 0.0829. The van der Waals surface area contributed by atoms with Gasteiger partial charge in [-0.15, -0.1) is 10.2 Å². The second-order valence-corrected chi connectivity index (χ2v) is 4.66. The van der Waals surface area contributed by atoms with Crippen LogP contribution in [0.1, 0.15) is 22.2 Å². The highest BCUT2D eigenvalue weighted by Gasteiger charge is 2.12. The number of furan rings is 1. The molecule has 1 unspecified atom stereocenters. The van der Waals surface area contributed by atoms with Crippen molar-refractivity contribution in [3.63, 3.8) is 0 Å². The topological polar surface area (TPSA) is 93.2 Å². The normalized spacial score (nSPS) is 12.0. The summed E-state index contributed by atoms with van der Waals surface area (Å²) in [6, 6.07) is 10.3. The Morgan fingerprint density at radius 3 is 2.59 bits per heavy atom. The third kappa shape index (κ3) is 3.04. The summed E-state index contributed by atoms with van der Waals surface area (Å²) in [5.41, 5.74) is 1.36. The van der Waals surface area contributed by atoms with Gasteiger partial charge in [0.2, 0.25) is 0 Å². The molecule has 112 valence electrons. The summed E-state index contributed by atoms with van der Waals surface area (Å²) >= 11 is 0. The Morgan fingerprint density at radius 2 is 1.95 bits per heavy atom. The van der Waals surface area contributed by atoms with Crippen molar-refractivity contribution in [1.29, 1.82) is 0 Å². The lowest BCUT2D eigenvalue weighted by atomic mass is 10.2. The predicted octanol–water partition coefficient (Wildman–Crippen LogP) is 1.32. The van der Waals surface area contributed by atoms with Gasteiger partial charge in [0, 0.05) is 11.3 Å². The molecule has 2 heterocycles. The highest BCUT2D eigenvalue weighted by molar-refractivity contribution is 5.94. The number of nitrogens with zero attached hydrogens (tertiary/aromatic N) is 3. The third-order valence-electron chi connectivity index (χ3n) is 3.17. The lowest BCUT2D eigenvalue weighted by Crippen LogP contribution is -2.28. The van der Waals surface area contributed by atoms with E-state index < -0.39 is 6.10 Å². The van der Waals surface area contributed by atoms with E-state index >= 15 is 0 Å². The number of carbonyl (C=O) groups excluding carboxylic acids is 1. The zero-order valence-corrected chi connectivity index (χ0v) is 11.6. The van der Waals surface area contributed by atoms with Crippen molar-refractivity contribution in [3.8, 4) is 5.69 Å². The molecule has 0 bridgehead atoms. The van der Waals surface area contributed by atoms with Gasteiger partial charge in [-0.3, -0.25) is 9.36 Å². The van der Waals surface area contributed by atoms with E-state index in [0.717, 1.165) is 5.69 Å². The molecule has 0 saturated carbocycles. The first-order valence-electron chi connectivity index (χ1n) is 6.69. The fourth-order valence-corrected chi connectivity index (χ4v) is 1.99. The van der Waals surface area contributed by atoms with Crippen LogP contribution in [0.3, 0.4) is 0 Å². The molecule has 2 N–H and O–H groups in total. The Hall–Kier alpha value is -2.93. The van der Waals surface area contributed by atoms with Crippen molar-refractivity contribution >= 4 is 5.91 Å². The summed E-state index contributed by atoms with van der Waals surface area (Å²) in [4.78, 5) is 12.0. The van der Waals surface area contributed by atoms with Crippen LogP contribution in [0.15, 0.2) is 59.7 Å². The van der Waals surface area contributed by atoms with E-state index in [1.165, 1.54) is 6.26 Å². The second kappa shape index (κ2) is 6.23. The van der Waals surface area contributed by atoms with Gasteiger partial charge in [0.1, 0.15) is 24.5 Å². The zero-order chi connectivity index (χ0) is 15.4. The minimum Gasteiger partial charge on any atom is -0.467 e. The molecule has 7 heteroatoms. The van der Waals surface area contributed by atoms with Crippen LogP contribution in [-0.4, -0.2) is 32.3 Å². The molecule has 0 fully saturated rings. The van der Waals surface area contributed by atoms with Crippen LogP contribution in [0, 0.1) is 0 Å². The standard InChI is InChI=1S/C15H14N4O3/c20-13(14-2-1-7-22-14)8-16-15(21)11-3-5-12(6-4-11)19-9-17-18-10-19/h1-7,9-10,13,20H,8H2,(H,16,21). The van der Waals surface area contributed by atoms with Gasteiger partial charge in [-0.1, -0.05) is 0 Å². The number of aromatic nitrogens is 3. The van der Waals surface area contributed by atoms with Gasteiger partial charge < -0.3 is 14.8 Å². The van der Waals surface area contributed by atoms with Gasteiger partial charge in [-0.2, -0.15) is 0 Å². The molecule has 0 aliphatic heterocycles. The Labute approximate surface area is 126 Å². The van der Waals surface area contributed by atoms with Crippen LogP contribution in [0.4, 0.5) is 0 Å². The largest absolute Gasteiger partial charge is 0.467 e. The van der Waals surface area contributed by atoms with E-state index in [2.05, 4.69) is 15.5 Å². The quantitative estimate of drug-likeness (QED) is 0.741. The van der Waals surface area contributed by atoms with Gasteiger partial charge in [0.15, 0.2) is 0 Å². The SMILES string of the molecule is O=C(NCC(O)c1ccco1)c1ccc(-n2cnnc2)cc1. The van der Waals surface area contributed by atoms with Crippen LogP contribution < -0.4 is 5.32 Å². The number of amides is 1. The van der Waals surface area contributed by atoms with Gasteiger partial charge in [0.25, 0.3) is 5.91 Å². The molecule has 7 nitrogen and oxygen atoms in total. The Morgan fingerprint density at radius 1 is 1.23 bits per heavy atom. The molecule has 3 aromatic rings. The third-order valence-corrected chi connectivity index (χ3v) is 3.17. The summed E-state index contributed by atoms with van der Waals surface area (Å²) in [5, 5.41) is 20.0. The molecule has 1 atom stereocenters. The summed E-state index contributed by atoms with van der Waals surface area (Å²) < 4.78 is 6.81. The first-order chi connectivity index (χ1) is 10.7. The van der Waals surface area contributed by atoms with E-state index in [4.69, 9.17) is 4.42 Å². The summed E-state index contributed by atoms with van der Waals surface area (Å²) in [6.45, 7) is 0.0829. The predicted molar refractivity (Wildman–Crippen MR) is 77.4 cm³/mol. The maximum absolute atomic E-state index is 12.0. The van der Waals surface area contributed by atoms with E-state index in [1.54, 1.807) is 53.6 Å². The molecule has 0 aliphatic rings. The maximum Gasteiger partial charge on any atom is 0.251 e. The molecule has 2 aromatic heterocycles. The van der Waals surface area contributed by atoms with Crippen molar-refractivity contribution in [2.45, 2.75) is 6.10 Å². The summed E-state index contributed by atoms with van der Waals surface area (Å²) in [7, 11) is 0. The summed E-state index contributed by atoms with van der Waals surface area (Å²) in [6.07, 6.45) is 3.77. The van der Waals surface area contributed by atoms with Crippen LogP contribution in [0.25, 0.3) is 5.69 Å². The van der Waals surface area contributed by atoms with Crippen molar-refractivity contribution < 1.29 is 14.3 Å². The Balaban J connectivity index is 1.60. The van der Waals surface area contributed by atoms with Crippen molar-refractivity contribution in [3.05, 3.63) is 66.6 Å². The smallest absolute Gasteiger partial charge is 0.251 e. The average Bonchev–Trinajstić information content (AvgIpc) is 3.25. The number of aliphatic hydroxyl groups is 1. The Kier molecular flexibility index (Phi) is 3.97. The monoisotopic (exact) mass is 298 g/mol. The summed E-state index contributed by atoms with van der Waals surface area (Å²) in [5.74, 6) is 0.157. The molecule has 3 rings (SSSR count). The molecule has 22 heavy (non-hydrogen) atoms. The molecule has 0 spiro atoms. The highest BCUT2D eigenvalue weighted by Crippen LogP contribution is 2.12. The number of rotatable bonds is 5. The van der Waals surface area contributed by atoms with E-state index in [9.17, 15) is 9.90 Å². The average molecular weight is 298 g/mol. The lowest BCUT2D eigenvalue weighted by Gasteiger charge is -2.10. The number of aliphatic hydroxyl groups excluding tert-OH is 1. The van der Waals surface area contributed by atoms with Gasteiger partial charge in [-0.05, 0) is 36.4 Å². The first-order valence-corrected chi connectivity index (χ1v) is 6.69. The second-order valence-electron chi connectivity index (χ2n) is 4.66. The minimum atomic E-state index is -0.866.